The van der Waals surface area contributed by atoms with Crippen molar-refractivity contribution in [3.05, 3.63) is 40.4 Å². The molecule has 0 atom stereocenters. The van der Waals surface area contributed by atoms with Crippen molar-refractivity contribution in [3.8, 4) is 0 Å². The molecule has 0 fully saturated rings. The molecule has 1 heterocycles. The summed E-state index contributed by atoms with van der Waals surface area (Å²) in [6.45, 7) is 2.45. The second-order valence-corrected chi connectivity index (χ2v) is 5.45. The number of nitrogens with one attached hydrogen (secondary N) is 1. The number of anilines is 2. The summed E-state index contributed by atoms with van der Waals surface area (Å²) in [4.78, 5) is 16.5. The van der Waals surface area contributed by atoms with E-state index in [0.29, 0.717) is 22.3 Å². The second-order valence-electron chi connectivity index (χ2n) is 4.45. The first-order valence-corrected chi connectivity index (χ1v) is 7.37. The van der Waals surface area contributed by atoms with Crippen LogP contribution in [0.2, 0.25) is 0 Å². The fourth-order valence-electron chi connectivity index (χ4n) is 1.92. The molecule has 1 aromatic carbocycles. The molecular weight excluding hydrogens is 288 g/mol. The average Bonchev–Trinajstić information content (AvgIpc) is 2.86. The van der Waals surface area contributed by atoms with Gasteiger partial charge in [0.1, 0.15) is 4.88 Å². The lowest BCUT2D eigenvalue weighted by atomic mass is 10.1. The van der Waals surface area contributed by atoms with Crippen molar-refractivity contribution in [1.82, 2.24) is 4.98 Å². The fourth-order valence-corrected chi connectivity index (χ4v) is 2.82. The van der Waals surface area contributed by atoms with E-state index in [9.17, 15) is 4.79 Å². The Morgan fingerprint density at radius 3 is 2.81 bits per heavy atom. The summed E-state index contributed by atoms with van der Waals surface area (Å²) < 4.78 is 9.86. The van der Waals surface area contributed by atoms with Gasteiger partial charge in [0.25, 0.3) is 0 Å². The maximum Gasteiger partial charge on any atom is 0.350 e. The van der Waals surface area contributed by atoms with Crippen LogP contribution in [0.3, 0.4) is 0 Å². The number of carbonyl (C=O) groups is 1. The Labute approximate surface area is 127 Å². The first-order valence-electron chi connectivity index (χ1n) is 6.55. The van der Waals surface area contributed by atoms with Gasteiger partial charge in [-0.3, -0.25) is 0 Å². The molecule has 2 aromatic rings. The van der Waals surface area contributed by atoms with Gasteiger partial charge in [-0.15, -0.1) is 0 Å². The second kappa shape index (κ2) is 7.19. The number of aryl methyl sites for hydroxylation is 1. The molecule has 1 aromatic heterocycles. The quantitative estimate of drug-likeness (QED) is 0.831. The van der Waals surface area contributed by atoms with Gasteiger partial charge >= 0.3 is 5.97 Å². The number of ether oxygens (including phenoxy) is 2. The highest BCUT2D eigenvalue weighted by molar-refractivity contribution is 7.17. The van der Waals surface area contributed by atoms with Crippen molar-refractivity contribution in [3.63, 3.8) is 0 Å². The summed E-state index contributed by atoms with van der Waals surface area (Å²) in [5.41, 5.74) is 2.79. The number of aromatic nitrogens is 1. The van der Waals surface area contributed by atoms with E-state index in [1.165, 1.54) is 18.4 Å². The fraction of sp³-hybridized carbons (Fsp3) is 0.333. The Morgan fingerprint density at radius 2 is 2.10 bits per heavy atom. The van der Waals surface area contributed by atoms with E-state index in [1.807, 2.05) is 24.3 Å². The predicted molar refractivity (Wildman–Crippen MR) is 83.5 cm³/mol. The maximum atomic E-state index is 11.6. The van der Waals surface area contributed by atoms with Crippen molar-refractivity contribution in [2.24, 2.45) is 0 Å². The van der Waals surface area contributed by atoms with Crippen molar-refractivity contribution >= 4 is 28.1 Å². The molecule has 0 unspecified atom stereocenters. The third-order valence-electron chi connectivity index (χ3n) is 3.00. The zero-order valence-corrected chi connectivity index (χ0v) is 13.1. The summed E-state index contributed by atoms with van der Waals surface area (Å²) in [5, 5.41) is 3.94. The average molecular weight is 306 g/mol. The number of thiazole rings is 1. The number of hydrogen-bond donors (Lipinski definition) is 1. The molecule has 0 aliphatic carbocycles. The van der Waals surface area contributed by atoms with Crippen LogP contribution in [0.4, 0.5) is 10.8 Å². The predicted octanol–water partition coefficient (Wildman–Crippen LogP) is 3.17. The van der Waals surface area contributed by atoms with Crippen molar-refractivity contribution in [2.45, 2.75) is 13.3 Å². The molecule has 6 heteroatoms. The highest BCUT2D eigenvalue weighted by Crippen LogP contribution is 2.28. The van der Waals surface area contributed by atoms with Crippen LogP contribution >= 0.6 is 11.3 Å². The molecule has 0 bridgehead atoms. The zero-order chi connectivity index (χ0) is 15.2. The molecule has 112 valence electrons. The van der Waals surface area contributed by atoms with Crippen LogP contribution < -0.4 is 5.32 Å². The topological polar surface area (TPSA) is 60.5 Å². The van der Waals surface area contributed by atoms with Crippen molar-refractivity contribution in [2.75, 3.05) is 26.1 Å². The third-order valence-corrected chi connectivity index (χ3v) is 4.05. The molecule has 0 aliphatic rings. The summed E-state index contributed by atoms with van der Waals surface area (Å²) in [6, 6.07) is 7.98. The zero-order valence-electron chi connectivity index (χ0n) is 12.3. The molecule has 0 spiro atoms. The van der Waals surface area contributed by atoms with Gasteiger partial charge in [0, 0.05) is 12.8 Å². The van der Waals surface area contributed by atoms with E-state index in [4.69, 9.17) is 9.47 Å². The van der Waals surface area contributed by atoms with E-state index in [-0.39, 0.29) is 5.97 Å². The minimum absolute atomic E-state index is 0.356. The number of esters is 1. The number of methoxy groups -OCH3 is 2. The molecule has 2 rings (SSSR count). The van der Waals surface area contributed by atoms with Crippen LogP contribution in [0.15, 0.2) is 24.3 Å². The van der Waals surface area contributed by atoms with Crippen LogP contribution in [0.25, 0.3) is 0 Å². The minimum Gasteiger partial charge on any atom is -0.465 e. The van der Waals surface area contributed by atoms with E-state index in [0.717, 1.165) is 17.7 Å². The number of hydrogen-bond acceptors (Lipinski definition) is 6. The Kier molecular flexibility index (Phi) is 5.30. The molecule has 5 nitrogen and oxygen atoms in total. The number of para-hydroxylation sites is 1. The van der Waals surface area contributed by atoms with Gasteiger partial charge in [-0.2, -0.15) is 0 Å². The summed E-state index contributed by atoms with van der Waals surface area (Å²) in [6.07, 6.45) is 0.813. The van der Waals surface area contributed by atoms with Crippen molar-refractivity contribution < 1.29 is 14.3 Å². The molecule has 0 aliphatic heterocycles. The number of nitrogens with zero attached hydrogens (tertiary/aromatic N) is 1. The van der Waals surface area contributed by atoms with Gasteiger partial charge < -0.3 is 14.8 Å². The Balaban J connectivity index is 2.20. The first-order chi connectivity index (χ1) is 10.2. The lowest BCUT2D eigenvalue weighted by Crippen LogP contribution is -1.99. The number of rotatable bonds is 6. The SMILES string of the molecule is COCCc1ccccc1Nc1nc(C)c(C(=O)OC)s1. The summed E-state index contributed by atoms with van der Waals surface area (Å²) >= 11 is 1.29. The van der Waals surface area contributed by atoms with Crippen molar-refractivity contribution in [1.29, 1.82) is 0 Å². The van der Waals surface area contributed by atoms with Crippen LogP contribution in [-0.4, -0.2) is 31.8 Å². The Morgan fingerprint density at radius 1 is 1.33 bits per heavy atom. The third kappa shape index (κ3) is 3.80. The number of carbonyl (C=O) groups excluding carboxylic acids is 1. The molecular formula is C15H18N2O3S. The van der Waals surface area contributed by atoms with E-state index in [2.05, 4.69) is 10.3 Å². The van der Waals surface area contributed by atoms with Crippen LogP contribution in [0, 0.1) is 6.92 Å². The van der Waals surface area contributed by atoms with Gasteiger partial charge in [0.15, 0.2) is 5.13 Å². The monoisotopic (exact) mass is 306 g/mol. The molecule has 0 amide bonds. The highest BCUT2D eigenvalue weighted by Gasteiger charge is 2.16. The lowest BCUT2D eigenvalue weighted by molar-refractivity contribution is 0.0605. The lowest BCUT2D eigenvalue weighted by Gasteiger charge is -2.09. The van der Waals surface area contributed by atoms with E-state index < -0.39 is 0 Å². The van der Waals surface area contributed by atoms with E-state index in [1.54, 1.807) is 14.0 Å². The minimum atomic E-state index is -0.356. The maximum absolute atomic E-state index is 11.6. The molecule has 0 radical (unpaired) electrons. The largest absolute Gasteiger partial charge is 0.465 e. The highest BCUT2D eigenvalue weighted by atomic mass is 32.1. The Hall–Kier alpha value is -1.92. The molecule has 21 heavy (non-hydrogen) atoms. The van der Waals surface area contributed by atoms with E-state index >= 15 is 0 Å². The summed E-state index contributed by atoms with van der Waals surface area (Å²) in [7, 11) is 3.05. The smallest absolute Gasteiger partial charge is 0.350 e. The van der Waals surface area contributed by atoms with Gasteiger partial charge in [0.05, 0.1) is 19.4 Å². The molecule has 0 saturated heterocycles. The van der Waals surface area contributed by atoms with Crippen LogP contribution in [0.1, 0.15) is 20.9 Å². The van der Waals surface area contributed by atoms with Crippen LogP contribution in [-0.2, 0) is 15.9 Å². The summed E-state index contributed by atoms with van der Waals surface area (Å²) in [5.74, 6) is -0.356. The normalized spacial score (nSPS) is 10.4. The standard InChI is InChI=1S/C15H18N2O3S/c1-10-13(14(18)20-3)21-15(16-10)17-12-7-5-4-6-11(12)8-9-19-2/h4-7H,8-9H2,1-3H3,(H,16,17). The van der Waals surface area contributed by atoms with Crippen LogP contribution in [0.5, 0.6) is 0 Å². The molecule has 1 N–H and O–H groups in total. The van der Waals surface area contributed by atoms with Gasteiger partial charge in [-0.1, -0.05) is 29.5 Å². The van der Waals surface area contributed by atoms with Gasteiger partial charge in [-0.25, -0.2) is 9.78 Å². The first kappa shape index (κ1) is 15.5. The van der Waals surface area contributed by atoms with Gasteiger partial charge in [0.2, 0.25) is 0 Å². The Bertz CT molecular complexity index is 625. The van der Waals surface area contributed by atoms with Gasteiger partial charge in [-0.05, 0) is 25.0 Å². The molecule has 0 saturated carbocycles. The number of benzene rings is 1.